The molecule has 5 rings (SSSR count). The lowest BCUT2D eigenvalue weighted by molar-refractivity contribution is 0.242. The fraction of sp³-hybridized carbons (Fsp3) is 0.174. The Kier molecular flexibility index (Phi) is 4.85. The van der Waals surface area contributed by atoms with Crippen molar-refractivity contribution in [2.45, 2.75) is 19.4 Å². The zero-order valence-corrected chi connectivity index (χ0v) is 17.5. The smallest absolute Gasteiger partial charge is 0.229 e. The molecule has 162 valence electrons. The van der Waals surface area contributed by atoms with E-state index in [2.05, 4.69) is 44.7 Å². The van der Waals surface area contributed by atoms with Crippen molar-refractivity contribution in [1.29, 1.82) is 0 Å². The van der Waals surface area contributed by atoms with Crippen LogP contribution in [0.3, 0.4) is 0 Å². The van der Waals surface area contributed by atoms with Crippen molar-refractivity contribution in [3.8, 4) is 17.2 Å². The third kappa shape index (κ3) is 4.18. The van der Waals surface area contributed by atoms with Gasteiger partial charge in [-0.25, -0.2) is 14.4 Å². The van der Waals surface area contributed by atoms with Crippen molar-refractivity contribution < 1.29 is 13.5 Å². The number of anilines is 5. The number of nitrogens with one attached hydrogen (secondary N) is 3. The Hall–Kier alpha value is -4.14. The zero-order chi connectivity index (χ0) is 22.1. The highest BCUT2D eigenvalue weighted by Crippen LogP contribution is 2.35. The van der Waals surface area contributed by atoms with Gasteiger partial charge < -0.3 is 25.1 Å². The average molecular weight is 432 g/mol. The Labute approximate surface area is 183 Å². The van der Waals surface area contributed by atoms with E-state index in [1.165, 1.54) is 6.26 Å². The maximum Gasteiger partial charge on any atom is 0.229 e. The fourth-order valence-corrected chi connectivity index (χ4v) is 3.37. The lowest BCUT2D eigenvalue weighted by atomic mass is 10.0. The van der Waals surface area contributed by atoms with Crippen molar-refractivity contribution in [3.63, 3.8) is 0 Å². The molecular weight excluding hydrogens is 411 g/mol. The van der Waals surface area contributed by atoms with Crippen LogP contribution >= 0.6 is 0 Å². The molecule has 9 heteroatoms. The maximum atomic E-state index is 14.4. The molecular formula is C23H21FN6O2. The van der Waals surface area contributed by atoms with E-state index in [9.17, 15) is 4.39 Å². The second-order valence-electron chi connectivity index (χ2n) is 8.07. The first kappa shape index (κ1) is 19.8. The third-order valence-corrected chi connectivity index (χ3v) is 4.85. The van der Waals surface area contributed by atoms with Gasteiger partial charge in [-0.05, 0) is 50.2 Å². The van der Waals surface area contributed by atoms with E-state index in [-0.39, 0.29) is 17.3 Å². The largest absolute Gasteiger partial charge is 0.489 e. The molecule has 0 saturated carbocycles. The lowest BCUT2D eigenvalue weighted by Crippen LogP contribution is -2.40. The highest BCUT2D eigenvalue weighted by molar-refractivity contribution is 5.70. The Bertz CT molecular complexity index is 1260. The average Bonchev–Trinajstić information content (AvgIpc) is 3.30. The molecule has 0 unspecified atom stereocenters. The number of hydrogen-bond acceptors (Lipinski definition) is 8. The van der Waals surface area contributed by atoms with Gasteiger partial charge in [0.1, 0.15) is 18.6 Å². The second-order valence-corrected chi connectivity index (χ2v) is 8.07. The Morgan fingerprint density at radius 2 is 1.94 bits per heavy atom. The summed E-state index contributed by atoms with van der Waals surface area (Å²) in [4.78, 5) is 12.5. The molecule has 0 fully saturated rings. The van der Waals surface area contributed by atoms with Gasteiger partial charge in [-0.1, -0.05) is 6.07 Å². The zero-order valence-electron chi connectivity index (χ0n) is 17.5. The van der Waals surface area contributed by atoms with Crippen molar-refractivity contribution in [3.05, 3.63) is 66.9 Å². The predicted molar refractivity (Wildman–Crippen MR) is 120 cm³/mol. The first-order chi connectivity index (χ1) is 15.4. The first-order valence-electron chi connectivity index (χ1n) is 10.1. The van der Waals surface area contributed by atoms with Gasteiger partial charge >= 0.3 is 0 Å². The van der Waals surface area contributed by atoms with Crippen LogP contribution in [-0.4, -0.2) is 27.1 Å². The molecule has 4 aromatic rings. The van der Waals surface area contributed by atoms with Gasteiger partial charge in [0, 0.05) is 16.9 Å². The summed E-state index contributed by atoms with van der Waals surface area (Å²) in [5, 5.41) is 9.53. The predicted octanol–water partition coefficient (Wildman–Crippen LogP) is 5.34. The SMILES string of the molecule is CC1(C)COc2ccc(Nc3nc(Nc4cccc(-c5ncco5)c4)ncc3F)cc2N1. The molecule has 1 aliphatic rings. The molecule has 32 heavy (non-hydrogen) atoms. The fourth-order valence-electron chi connectivity index (χ4n) is 3.37. The van der Waals surface area contributed by atoms with Gasteiger partial charge in [0.2, 0.25) is 11.8 Å². The summed E-state index contributed by atoms with van der Waals surface area (Å²) in [5.41, 5.74) is 2.83. The van der Waals surface area contributed by atoms with Gasteiger partial charge in [0.15, 0.2) is 11.6 Å². The Balaban J connectivity index is 1.37. The third-order valence-electron chi connectivity index (χ3n) is 4.85. The lowest BCUT2D eigenvalue weighted by Gasteiger charge is -2.33. The number of benzene rings is 2. The summed E-state index contributed by atoms with van der Waals surface area (Å²) >= 11 is 0. The summed E-state index contributed by atoms with van der Waals surface area (Å²) in [7, 11) is 0. The normalized spacial score (nSPS) is 14.1. The van der Waals surface area contributed by atoms with Crippen LogP contribution in [0.5, 0.6) is 5.75 Å². The van der Waals surface area contributed by atoms with Crippen molar-refractivity contribution >= 4 is 28.8 Å². The molecule has 0 amide bonds. The van der Waals surface area contributed by atoms with Gasteiger partial charge in [-0.15, -0.1) is 0 Å². The minimum absolute atomic E-state index is 0.0577. The van der Waals surface area contributed by atoms with Gasteiger partial charge in [-0.2, -0.15) is 4.98 Å². The summed E-state index contributed by atoms with van der Waals surface area (Å²) in [6.45, 7) is 4.67. The highest BCUT2D eigenvalue weighted by Gasteiger charge is 2.25. The van der Waals surface area contributed by atoms with Crippen molar-refractivity contribution in [1.82, 2.24) is 15.0 Å². The maximum absolute atomic E-state index is 14.4. The summed E-state index contributed by atoms with van der Waals surface area (Å²) in [6, 6.07) is 13.0. The molecule has 1 aliphatic heterocycles. The number of rotatable bonds is 5. The number of fused-ring (bicyclic) bond motifs is 1. The van der Waals surface area contributed by atoms with Crippen LogP contribution in [0.1, 0.15) is 13.8 Å². The van der Waals surface area contributed by atoms with E-state index in [0.717, 1.165) is 28.9 Å². The Morgan fingerprint density at radius 1 is 1.06 bits per heavy atom. The highest BCUT2D eigenvalue weighted by atomic mass is 19.1. The molecule has 2 aromatic heterocycles. The van der Waals surface area contributed by atoms with Crippen LogP contribution in [0, 0.1) is 5.82 Å². The summed E-state index contributed by atoms with van der Waals surface area (Å²) < 4.78 is 25.5. The van der Waals surface area contributed by atoms with Crippen LogP contribution in [0.15, 0.2) is 65.5 Å². The van der Waals surface area contributed by atoms with E-state index in [1.54, 1.807) is 6.20 Å². The minimum Gasteiger partial charge on any atom is -0.489 e. The quantitative estimate of drug-likeness (QED) is 0.389. The van der Waals surface area contributed by atoms with Gasteiger partial charge in [-0.3, -0.25) is 0 Å². The van der Waals surface area contributed by atoms with E-state index < -0.39 is 5.82 Å². The van der Waals surface area contributed by atoms with Gasteiger partial charge in [0.05, 0.1) is 23.6 Å². The number of halogens is 1. The second kappa shape index (κ2) is 7.84. The molecule has 2 aromatic carbocycles. The molecule has 0 bridgehead atoms. The van der Waals surface area contributed by atoms with Crippen LogP contribution < -0.4 is 20.7 Å². The van der Waals surface area contributed by atoms with Crippen LogP contribution in [0.2, 0.25) is 0 Å². The summed E-state index contributed by atoms with van der Waals surface area (Å²) in [6.07, 6.45) is 4.22. The molecule has 3 heterocycles. The topological polar surface area (TPSA) is 97.1 Å². The van der Waals surface area contributed by atoms with Crippen LogP contribution in [-0.2, 0) is 0 Å². The molecule has 0 aliphatic carbocycles. The standard InChI is InChI=1S/C23H21FN6O2/c1-23(2)13-32-19-7-6-16(11-18(19)30-23)27-20-17(24)12-26-22(29-20)28-15-5-3-4-14(10-15)21-25-8-9-31-21/h3-12,30H,13H2,1-2H3,(H2,26,27,28,29). The molecule has 0 spiro atoms. The van der Waals surface area contributed by atoms with E-state index >= 15 is 0 Å². The van der Waals surface area contributed by atoms with Crippen molar-refractivity contribution in [2.75, 3.05) is 22.6 Å². The first-order valence-corrected chi connectivity index (χ1v) is 10.1. The van der Waals surface area contributed by atoms with Crippen LogP contribution in [0.25, 0.3) is 11.5 Å². The molecule has 8 nitrogen and oxygen atoms in total. The molecule has 0 radical (unpaired) electrons. The molecule has 3 N–H and O–H groups in total. The molecule has 0 atom stereocenters. The minimum atomic E-state index is -0.564. The number of aromatic nitrogens is 3. The van der Waals surface area contributed by atoms with Gasteiger partial charge in [0.25, 0.3) is 0 Å². The summed E-state index contributed by atoms with van der Waals surface area (Å²) in [5.74, 6) is 1.00. The monoisotopic (exact) mass is 432 g/mol. The van der Waals surface area contributed by atoms with E-state index in [4.69, 9.17) is 9.15 Å². The van der Waals surface area contributed by atoms with Crippen LogP contribution in [0.4, 0.5) is 33.2 Å². The number of nitrogens with zero attached hydrogens (tertiary/aromatic N) is 3. The van der Waals surface area contributed by atoms with Crippen molar-refractivity contribution in [2.24, 2.45) is 0 Å². The number of ether oxygens (including phenoxy) is 1. The number of oxazole rings is 1. The van der Waals surface area contributed by atoms with E-state index in [0.29, 0.717) is 18.2 Å². The van der Waals surface area contributed by atoms with E-state index in [1.807, 2.05) is 42.5 Å². The molecule has 0 saturated heterocycles. The Morgan fingerprint density at radius 3 is 2.78 bits per heavy atom. The number of hydrogen-bond donors (Lipinski definition) is 3.